The molecule has 1 aromatic rings. The summed E-state index contributed by atoms with van der Waals surface area (Å²) in [6.07, 6.45) is 4.27. The van der Waals surface area contributed by atoms with Crippen LogP contribution in [0.4, 0.5) is 5.82 Å². The normalized spacial score (nSPS) is 17.5. The predicted octanol–water partition coefficient (Wildman–Crippen LogP) is 0.165. The number of carboxylic acid groups (broad SMARTS) is 2. The Bertz CT molecular complexity index is 412. The van der Waals surface area contributed by atoms with Crippen molar-refractivity contribution in [2.24, 2.45) is 5.73 Å². The Labute approximate surface area is 110 Å². The smallest absolute Gasteiger partial charge is 0.414 e. The van der Waals surface area contributed by atoms with Crippen LogP contribution >= 0.6 is 0 Å². The van der Waals surface area contributed by atoms with E-state index < -0.39 is 11.9 Å². The van der Waals surface area contributed by atoms with Crippen LogP contribution < -0.4 is 10.6 Å². The van der Waals surface area contributed by atoms with E-state index in [0.29, 0.717) is 6.04 Å². The van der Waals surface area contributed by atoms with Gasteiger partial charge in [-0.2, -0.15) is 0 Å². The molecule has 0 aromatic carbocycles. The van der Waals surface area contributed by atoms with Crippen molar-refractivity contribution in [2.75, 3.05) is 18.0 Å². The lowest BCUT2D eigenvalue weighted by Gasteiger charge is -2.24. The molecule has 0 spiro atoms. The molecule has 7 heteroatoms. The highest BCUT2D eigenvalue weighted by Crippen LogP contribution is 2.22. The Hall–Kier alpha value is -2.15. The van der Waals surface area contributed by atoms with E-state index in [9.17, 15) is 0 Å². The molecule has 1 aliphatic rings. The fourth-order valence-corrected chi connectivity index (χ4v) is 1.91. The maximum Gasteiger partial charge on any atom is 0.414 e. The van der Waals surface area contributed by atoms with Gasteiger partial charge in [-0.25, -0.2) is 14.6 Å². The van der Waals surface area contributed by atoms with Crippen LogP contribution in [0, 0.1) is 0 Å². The molecule has 0 radical (unpaired) electrons. The van der Waals surface area contributed by atoms with E-state index in [0.717, 1.165) is 18.9 Å². The number of pyridine rings is 1. The van der Waals surface area contributed by atoms with Crippen molar-refractivity contribution >= 4 is 17.8 Å². The highest BCUT2D eigenvalue weighted by molar-refractivity contribution is 6.27. The van der Waals surface area contributed by atoms with E-state index in [1.807, 2.05) is 24.4 Å². The van der Waals surface area contributed by atoms with E-state index in [4.69, 9.17) is 25.5 Å². The largest absolute Gasteiger partial charge is 0.473 e. The van der Waals surface area contributed by atoms with Crippen molar-refractivity contribution in [3.63, 3.8) is 0 Å². The van der Waals surface area contributed by atoms with E-state index in [2.05, 4.69) is 9.88 Å². The number of rotatable bonds is 2. The number of hydrogen-bond donors (Lipinski definition) is 3. The van der Waals surface area contributed by atoms with Gasteiger partial charge in [0, 0.05) is 25.3 Å². The summed E-state index contributed by atoms with van der Waals surface area (Å²) in [6, 6.07) is 6.51. The van der Waals surface area contributed by atoms with Crippen LogP contribution in [0.3, 0.4) is 0 Å². The minimum absolute atomic E-state index is 0.495. The minimum Gasteiger partial charge on any atom is -0.473 e. The molecule has 104 valence electrons. The monoisotopic (exact) mass is 267 g/mol. The van der Waals surface area contributed by atoms with Crippen molar-refractivity contribution in [3.05, 3.63) is 24.4 Å². The minimum atomic E-state index is -1.82. The summed E-state index contributed by atoms with van der Waals surface area (Å²) in [5, 5.41) is 14.8. The van der Waals surface area contributed by atoms with Crippen LogP contribution in [0.15, 0.2) is 24.4 Å². The molecule has 1 saturated heterocycles. The maximum absolute atomic E-state index is 9.10. The summed E-state index contributed by atoms with van der Waals surface area (Å²) in [5.41, 5.74) is 5.69. The summed E-state index contributed by atoms with van der Waals surface area (Å²) < 4.78 is 0. The topological polar surface area (TPSA) is 117 Å². The Balaban J connectivity index is 0.000000258. The molecule has 0 saturated carbocycles. The van der Waals surface area contributed by atoms with Crippen LogP contribution in [-0.4, -0.2) is 46.3 Å². The molecule has 1 atom stereocenters. The first-order valence-electron chi connectivity index (χ1n) is 5.90. The van der Waals surface area contributed by atoms with Crippen molar-refractivity contribution in [3.8, 4) is 0 Å². The van der Waals surface area contributed by atoms with Crippen molar-refractivity contribution in [2.45, 2.75) is 18.9 Å². The van der Waals surface area contributed by atoms with E-state index >= 15 is 0 Å². The van der Waals surface area contributed by atoms with Gasteiger partial charge in [0.15, 0.2) is 0 Å². The second-order valence-electron chi connectivity index (χ2n) is 4.02. The van der Waals surface area contributed by atoms with Crippen LogP contribution in [0.25, 0.3) is 0 Å². The van der Waals surface area contributed by atoms with Gasteiger partial charge in [-0.3, -0.25) is 0 Å². The average molecular weight is 267 g/mol. The van der Waals surface area contributed by atoms with Gasteiger partial charge >= 0.3 is 11.9 Å². The third kappa shape index (κ3) is 4.55. The fourth-order valence-electron chi connectivity index (χ4n) is 1.91. The molecule has 2 rings (SSSR count). The summed E-state index contributed by atoms with van der Waals surface area (Å²) in [7, 11) is 0. The van der Waals surface area contributed by atoms with Gasteiger partial charge in [-0.1, -0.05) is 6.07 Å². The summed E-state index contributed by atoms with van der Waals surface area (Å²) in [6.45, 7) is 1.83. The number of hydrogen-bond acceptors (Lipinski definition) is 5. The first kappa shape index (κ1) is 14.9. The third-order valence-electron chi connectivity index (χ3n) is 2.78. The van der Waals surface area contributed by atoms with Gasteiger partial charge in [0.1, 0.15) is 5.82 Å². The Morgan fingerprint density at radius 1 is 1.37 bits per heavy atom. The second kappa shape index (κ2) is 7.32. The van der Waals surface area contributed by atoms with Crippen molar-refractivity contribution in [1.82, 2.24) is 4.98 Å². The van der Waals surface area contributed by atoms with Crippen molar-refractivity contribution in [1.29, 1.82) is 0 Å². The maximum atomic E-state index is 9.10. The molecule has 1 unspecified atom stereocenters. The zero-order chi connectivity index (χ0) is 14.3. The lowest BCUT2D eigenvalue weighted by molar-refractivity contribution is -0.159. The zero-order valence-electron chi connectivity index (χ0n) is 10.4. The Morgan fingerprint density at radius 3 is 2.53 bits per heavy atom. The van der Waals surface area contributed by atoms with Gasteiger partial charge in [0.2, 0.25) is 0 Å². The number of nitrogens with zero attached hydrogens (tertiary/aromatic N) is 2. The van der Waals surface area contributed by atoms with Crippen LogP contribution in [0.2, 0.25) is 0 Å². The molecular formula is C12H17N3O4. The molecule has 4 N–H and O–H groups in total. The molecule has 1 fully saturated rings. The van der Waals surface area contributed by atoms with Crippen molar-refractivity contribution < 1.29 is 19.8 Å². The van der Waals surface area contributed by atoms with Gasteiger partial charge in [-0.15, -0.1) is 0 Å². The number of carboxylic acids is 2. The molecule has 0 aliphatic carbocycles. The third-order valence-corrected chi connectivity index (χ3v) is 2.78. The molecule has 1 aliphatic heterocycles. The molecule has 19 heavy (non-hydrogen) atoms. The average Bonchev–Trinajstić information content (AvgIpc) is 2.88. The Kier molecular flexibility index (Phi) is 5.74. The molecule has 0 amide bonds. The molecule has 2 heterocycles. The SMILES string of the molecule is NCC1CCCN1c1ccccn1.O=C(O)C(=O)O. The van der Waals surface area contributed by atoms with Gasteiger partial charge in [0.05, 0.1) is 0 Å². The highest BCUT2D eigenvalue weighted by atomic mass is 16.4. The standard InChI is InChI=1S/C10H15N3.C2H2O4/c11-8-9-4-3-7-13(9)10-5-1-2-6-12-10;3-1(4)2(5)6/h1-2,5-6,9H,3-4,7-8,11H2;(H,3,4)(H,5,6). The lowest BCUT2D eigenvalue weighted by Crippen LogP contribution is -2.35. The molecule has 0 bridgehead atoms. The second-order valence-corrected chi connectivity index (χ2v) is 4.02. The lowest BCUT2D eigenvalue weighted by atomic mass is 10.2. The van der Waals surface area contributed by atoms with E-state index in [1.165, 1.54) is 12.8 Å². The molecule has 1 aromatic heterocycles. The van der Waals surface area contributed by atoms with Crippen LogP contribution in [0.1, 0.15) is 12.8 Å². The number of anilines is 1. The predicted molar refractivity (Wildman–Crippen MR) is 68.9 cm³/mol. The first-order valence-corrected chi connectivity index (χ1v) is 5.90. The fraction of sp³-hybridized carbons (Fsp3) is 0.417. The van der Waals surface area contributed by atoms with Gasteiger partial charge in [0.25, 0.3) is 0 Å². The molecule has 7 nitrogen and oxygen atoms in total. The quantitative estimate of drug-likeness (QED) is 0.653. The van der Waals surface area contributed by atoms with Gasteiger partial charge in [-0.05, 0) is 25.0 Å². The first-order chi connectivity index (χ1) is 9.06. The van der Waals surface area contributed by atoms with Crippen LogP contribution in [0.5, 0.6) is 0 Å². The summed E-state index contributed by atoms with van der Waals surface area (Å²) >= 11 is 0. The van der Waals surface area contributed by atoms with Gasteiger partial charge < -0.3 is 20.8 Å². The molecular weight excluding hydrogens is 250 g/mol. The highest BCUT2D eigenvalue weighted by Gasteiger charge is 2.23. The summed E-state index contributed by atoms with van der Waals surface area (Å²) in [4.78, 5) is 24.8. The number of aliphatic carboxylic acids is 2. The number of nitrogens with two attached hydrogens (primary N) is 1. The van der Waals surface area contributed by atoms with Crippen LogP contribution in [-0.2, 0) is 9.59 Å². The van der Waals surface area contributed by atoms with E-state index in [-0.39, 0.29) is 0 Å². The summed E-state index contributed by atoms with van der Waals surface area (Å²) in [5.74, 6) is -2.58. The van der Waals surface area contributed by atoms with E-state index in [1.54, 1.807) is 0 Å². The zero-order valence-corrected chi connectivity index (χ0v) is 10.4. The number of aromatic nitrogens is 1. The number of carbonyl (C=O) groups is 2. The Morgan fingerprint density at radius 2 is 2.05 bits per heavy atom.